The second-order valence-corrected chi connectivity index (χ2v) is 20.4. The molecule has 2 unspecified atom stereocenters. The molecule has 0 heterocycles. The van der Waals surface area contributed by atoms with Gasteiger partial charge < -0.3 is 10.2 Å². The van der Waals surface area contributed by atoms with E-state index < -0.39 is 11.9 Å². The fraction of sp³-hybridized carbons (Fsp3) is 0.958. The fourth-order valence-corrected chi connectivity index (χ4v) is 10.5. The molecule has 0 rings (SSSR count). The Bertz CT molecular complexity index is 628. The van der Waals surface area contributed by atoms with E-state index in [0.717, 1.165) is 51.4 Å². The van der Waals surface area contributed by atoms with E-state index >= 15 is 0 Å². The number of hydrogen-bond acceptors (Lipinski definition) is 2. The van der Waals surface area contributed by atoms with Crippen LogP contribution >= 0.6 is 0 Å². The summed E-state index contributed by atoms with van der Waals surface area (Å²) in [5.74, 6) is -1.35. The summed E-state index contributed by atoms with van der Waals surface area (Å²) in [6.45, 7) is 13.4. The van der Waals surface area contributed by atoms with Crippen molar-refractivity contribution in [2.24, 2.45) is 11.8 Å². The van der Waals surface area contributed by atoms with Gasteiger partial charge >= 0.3 is 133 Å². The second-order valence-electron chi connectivity index (χ2n) is 16.2. The van der Waals surface area contributed by atoms with Gasteiger partial charge in [0.25, 0.3) is 0 Å². The van der Waals surface area contributed by atoms with E-state index in [4.69, 9.17) is 0 Å². The van der Waals surface area contributed by atoms with Crippen LogP contribution in [0.4, 0.5) is 0 Å². The van der Waals surface area contributed by atoms with Gasteiger partial charge in [-0.2, -0.15) is 0 Å². The zero-order chi connectivity index (χ0) is 39.9. The van der Waals surface area contributed by atoms with Gasteiger partial charge in [-0.3, -0.25) is 9.59 Å². The van der Waals surface area contributed by atoms with Crippen molar-refractivity contribution in [1.82, 2.24) is 0 Å². The summed E-state index contributed by atoms with van der Waals surface area (Å²) >= 11 is 0.0736. The van der Waals surface area contributed by atoms with Crippen molar-refractivity contribution >= 4 is 33.1 Å². The van der Waals surface area contributed by atoms with Gasteiger partial charge in [0.05, 0.1) is 11.8 Å². The number of aliphatic carboxylic acids is 2. The molecule has 0 bridgehead atoms. The normalized spacial score (nSPS) is 12.0. The third-order valence-electron chi connectivity index (χ3n) is 10.7. The molecule has 5 heteroatoms. The zero-order valence-corrected chi connectivity index (χ0v) is 40.1. The standard InChI is InChI=1S/2C16H32O2.2C8H17.Sn/c2*1-3-5-7-9-10-12-14-15(16(17)18)13-11-8-6-4-2;2*1-3-5-7-8-6-4-2;/h2*15H,3-14H2,1-2H3,(H,17,18);2*1,3-8H2,2H3;. The maximum atomic E-state index is 11.1. The van der Waals surface area contributed by atoms with Crippen molar-refractivity contribution in [2.45, 2.75) is 282 Å². The van der Waals surface area contributed by atoms with Crippen molar-refractivity contribution < 1.29 is 19.8 Å². The second kappa shape index (κ2) is 51.7. The predicted molar refractivity (Wildman–Crippen MR) is 238 cm³/mol. The van der Waals surface area contributed by atoms with Crippen LogP contribution in [0.25, 0.3) is 0 Å². The van der Waals surface area contributed by atoms with Crippen LogP contribution in [0.5, 0.6) is 0 Å². The van der Waals surface area contributed by atoms with E-state index in [2.05, 4.69) is 41.5 Å². The molecule has 2 atom stereocenters. The molecular formula is C48H98O4Sn. The number of rotatable bonds is 40. The first-order chi connectivity index (χ1) is 25.9. The summed E-state index contributed by atoms with van der Waals surface area (Å²) in [5.41, 5.74) is 0. The minimum absolute atomic E-state index is 0.0736. The van der Waals surface area contributed by atoms with Crippen LogP contribution in [0.1, 0.15) is 273 Å². The summed E-state index contributed by atoms with van der Waals surface area (Å²) in [6, 6.07) is 0. The molecule has 0 saturated heterocycles. The third kappa shape index (κ3) is 51.7. The molecule has 0 aromatic rings. The Morgan fingerprint density at radius 2 is 0.509 bits per heavy atom. The Hall–Kier alpha value is -0.261. The maximum absolute atomic E-state index is 11.1. The van der Waals surface area contributed by atoms with Gasteiger partial charge in [-0.25, -0.2) is 0 Å². The van der Waals surface area contributed by atoms with Crippen molar-refractivity contribution in [3.63, 3.8) is 0 Å². The molecule has 0 aliphatic carbocycles. The van der Waals surface area contributed by atoms with Crippen LogP contribution in [-0.4, -0.2) is 43.3 Å². The van der Waals surface area contributed by atoms with Crippen LogP contribution < -0.4 is 0 Å². The van der Waals surface area contributed by atoms with Gasteiger partial charge in [0.2, 0.25) is 0 Å². The molecule has 4 nitrogen and oxygen atoms in total. The van der Waals surface area contributed by atoms with Crippen LogP contribution in [-0.2, 0) is 9.59 Å². The van der Waals surface area contributed by atoms with Crippen molar-refractivity contribution in [3.8, 4) is 0 Å². The van der Waals surface area contributed by atoms with E-state index in [1.807, 2.05) is 0 Å². The van der Waals surface area contributed by atoms with Gasteiger partial charge in [-0.1, -0.05) is 156 Å². The Balaban J connectivity index is -0.000000708. The Morgan fingerprint density at radius 1 is 0.321 bits per heavy atom. The number of hydrogen-bond donors (Lipinski definition) is 2. The van der Waals surface area contributed by atoms with E-state index in [9.17, 15) is 19.8 Å². The molecule has 0 aromatic heterocycles. The number of unbranched alkanes of at least 4 members (excludes halogenated alkanes) is 26. The summed E-state index contributed by atoms with van der Waals surface area (Å²) in [4.78, 5) is 22.3. The van der Waals surface area contributed by atoms with E-state index in [0.29, 0.717) is 0 Å². The molecule has 0 aliphatic rings. The molecular weight excluding hydrogens is 759 g/mol. The molecule has 0 amide bonds. The van der Waals surface area contributed by atoms with Gasteiger partial charge in [-0.05, 0) is 25.7 Å². The molecule has 2 radical (unpaired) electrons. The van der Waals surface area contributed by atoms with Crippen LogP contribution in [0.3, 0.4) is 0 Å². The first-order valence-corrected chi connectivity index (χ1v) is 28.1. The van der Waals surface area contributed by atoms with Gasteiger partial charge in [0, 0.05) is 0 Å². The van der Waals surface area contributed by atoms with Gasteiger partial charge in [0.15, 0.2) is 0 Å². The zero-order valence-electron chi connectivity index (χ0n) is 37.2. The summed E-state index contributed by atoms with van der Waals surface area (Å²) in [5, 5.41) is 18.3. The molecule has 2 N–H and O–H groups in total. The van der Waals surface area contributed by atoms with Gasteiger partial charge in [0.1, 0.15) is 0 Å². The Labute approximate surface area is 344 Å². The molecule has 0 saturated carbocycles. The number of carbonyl (C=O) groups is 2. The molecule has 0 aliphatic heterocycles. The van der Waals surface area contributed by atoms with Crippen molar-refractivity contribution in [2.75, 3.05) is 0 Å². The average molecular weight is 858 g/mol. The van der Waals surface area contributed by atoms with Crippen molar-refractivity contribution in [1.29, 1.82) is 0 Å². The number of carboxylic acids is 2. The SMILES string of the molecule is CCCCCCCCC(CCCCCC)C(=O)O.CCCCCCCCC(CCCCCC)C(=O)O.CCCCCCC[CH2][Sn][CH2]CCCCCCC. The first kappa shape index (κ1) is 57.1. The molecule has 0 spiro atoms. The Morgan fingerprint density at radius 3 is 0.736 bits per heavy atom. The van der Waals surface area contributed by atoms with E-state index in [1.165, 1.54) is 167 Å². The van der Waals surface area contributed by atoms with E-state index in [1.54, 1.807) is 21.7 Å². The quantitative estimate of drug-likeness (QED) is 0.0475. The monoisotopic (exact) mass is 859 g/mol. The third-order valence-corrected chi connectivity index (χ3v) is 14.8. The number of carboxylic acid groups (broad SMARTS) is 2. The molecule has 0 aromatic carbocycles. The topological polar surface area (TPSA) is 74.6 Å². The summed E-state index contributed by atoms with van der Waals surface area (Å²) in [6.07, 6.45) is 45.8. The summed E-state index contributed by atoms with van der Waals surface area (Å²) in [7, 11) is 0. The van der Waals surface area contributed by atoms with E-state index in [-0.39, 0.29) is 33.0 Å². The summed E-state index contributed by atoms with van der Waals surface area (Å²) < 4.78 is 3.31. The minimum atomic E-state index is -0.583. The predicted octanol–water partition coefficient (Wildman–Crippen LogP) is 17.1. The molecule has 318 valence electrons. The fourth-order valence-electron chi connectivity index (χ4n) is 6.95. The van der Waals surface area contributed by atoms with Crippen molar-refractivity contribution in [3.05, 3.63) is 0 Å². The Kier molecular flexibility index (Phi) is 55.7. The average Bonchev–Trinajstić information content (AvgIpc) is 3.15. The van der Waals surface area contributed by atoms with Crippen LogP contribution in [0, 0.1) is 11.8 Å². The van der Waals surface area contributed by atoms with Crippen LogP contribution in [0.15, 0.2) is 0 Å². The molecule has 0 fully saturated rings. The van der Waals surface area contributed by atoms with Crippen LogP contribution in [0.2, 0.25) is 8.87 Å². The molecule has 53 heavy (non-hydrogen) atoms. The first-order valence-electron chi connectivity index (χ1n) is 24.0. The van der Waals surface area contributed by atoms with Gasteiger partial charge in [-0.15, -0.1) is 0 Å².